The van der Waals surface area contributed by atoms with Crippen LogP contribution in [0, 0.1) is 0 Å². The zero-order valence-corrected chi connectivity index (χ0v) is 18.3. The van der Waals surface area contributed by atoms with E-state index < -0.39 is 16.0 Å². The van der Waals surface area contributed by atoms with Gasteiger partial charge in [-0.25, -0.2) is 13.2 Å². The fourth-order valence-electron chi connectivity index (χ4n) is 3.41. The van der Waals surface area contributed by atoms with Crippen molar-refractivity contribution in [3.8, 4) is 11.5 Å². The number of sulfonamides is 1. The molecule has 1 aliphatic rings. The number of nitrogens with zero attached hydrogens (tertiary/aromatic N) is 1. The average Bonchev–Trinajstić information content (AvgIpc) is 2.81. The molecule has 0 aromatic heterocycles. The molecule has 1 saturated heterocycles. The third-order valence-electron chi connectivity index (χ3n) is 5.02. The Balaban J connectivity index is 1.69. The molecule has 0 atom stereocenters. The number of rotatable bonds is 5. The summed E-state index contributed by atoms with van der Waals surface area (Å²) in [5.74, 6) is -0.202. The van der Waals surface area contributed by atoms with Crippen LogP contribution in [0.25, 0.3) is 10.8 Å². The number of fused-ring (bicyclic) bond motifs is 1. The zero-order chi connectivity index (χ0) is 22.0. The SMILES string of the molecule is COc1ccc(C(=O)Oc2ccc(Cl)c3ccccc23)cc1S(=O)(=O)N1CCOCC1. The van der Waals surface area contributed by atoms with E-state index in [0.29, 0.717) is 29.4 Å². The van der Waals surface area contributed by atoms with E-state index in [4.69, 9.17) is 25.8 Å². The summed E-state index contributed by atoms with van der Waals surface area (Å²) in [6.45, 7) is 1.09. The molecule has 0 N–H and O–H groups in total. The predicted octanol–water partition coefficient (Wildman–Crippen LogP) is 3.74. The number of hydrogen-bond acceptors (Lipinski definition) is 6. The van der Waals surface area contributed by atoms with Gasteiger partial charge in [-0.15, -0.1) is 0 Å². The summed E-state index contributed by atoms with van der Waals surface area (Å²) in [4.78, 5) is 12.8. The summed E-state index contributed by atoms with van der Waals surface area (Å²) in [6.07, 6.45) is 0. The summed E-state index contributed by atoms with van der Waals surface area (Å²) >= 11 is 6.23. The van der Waals surface area contributed by atoms with Crippen molar-refractivity contribution in [3.05, 3.63) is 65.2 Å². The lowest BCUT2D eigenvalue weighted by molar-refractivity contribution is 0.0727. The highest BCUT2D eigenvalue weighted by Gasteiger charge is 2.30. The van der Waals surface area contributed by atoms with E-state index in [-0.39, 0.29) is 29.3 Å². The summed E-state index contributed by atoms with van der Waals surface area (Å²) in [7, 11) is -2.49. The maximum atomic E-state index is 13.1. The lowest BCUT2D eigenvalue weighted by atomic mass is 10.1. The van der Waals surface area contributed by atoms with Gasteiger partial charge in [0.05, 0.1) is 25.9 Å². The fraction of sp³-hybridized carbons (Fsp3) is 0.227. The van der Waals surface area contributed by atoms with E-state index in [9.17, 15) is 13.2 Å². The molecule has 3 aromatic rings. The average molecular weight is 462 g/mol. The molecule has 3 aromatic carbocycles. The van der Waals surface area contributed by atoms with Crippen LogP contribution in [0.5, 0.6) is 11.5 Å². The molecule has 0 aliphatic carbocycles. The number of esters is 1. The van der Waals surface area contributed by atoms with E-state index in [0.717, 1.165) is 5.39 Å². The Morgan fingerprint density at radius 3 is 2.39 bits per heavy atom. The molecule has 162 valence electrons. The van der Waals surface area contributed by atoms with Crippen LogP contribution in [0.1, 0.15) is 10.4 Å². The van der Waals surface area contributed by atoms with E-state index in [2.05, 4.69) is 0 Å². The minimum absolute atomic E-state index is 0.0895. The number of halogens is 1. The third kappa shape index (κ3) is 4.24. The molecule has 1 fully saturated rings. The van der Waals surface area contributed by atoms with Crippen molar-refractivity contribution in [3.63, 3.8) is 0 Å². The number of benzene rings is 3. The van der Waals surface area contributed by atoms with Crippen LogP contribution in [0.15, 0.2) is 59.5 Å². The Morgan fingerprint density at radius 2 is 1.68 bits per heavy atom. The molecule has 0 bridgehead atoms. The molecular weight excluding hydrogens is 442 g/mol. The molecule has 31 heavy (non-hydrogen) atoms. The van der Waals surface area contributed by atoms with Crippen molar-refractivity contribution in [2.45, 2.75) is 4.90 Å². The molecular formula is C22H20ClNO6S. The van der Waals surface area contributed by atoms with E-state index in [1.807, 2.05) is 18.2 Å². The van der Waals surface area contributed by atoms with Crippen LogP contribution in [0.4, 0.5) is 0 Å². The van der Waals surface area contributed by atoms with Gasteiger partial charge in [-0.2, -0.15) is 4.31 Å². The van der Waals surface area contributed by atoms with Gasteiger partial charge < -0.3 is 14.2 Å². The molecule has 7 nitrogen and oxygen atoms in total. The van der Waals surface area contributed by atoms with Crippen LogP contribution in [0.3, 0.4) is 0 Å². The molecule has 0 radical (unpaired) electrons. The van der Waals surface area contributed by atoms with Crippen LogP contribution in [-0.2, 0) is 14.8 Å². The number of morpholine rings is 1. The minimum atomic E-state index is -3.87. The Labute approximate surface area is 185 Å². The molecule has 4 rings (SSSR count). The largest absolute Gasteiger partial charge is 0.495 e. The summed E-state index contributed by atoms with van der Waals surface area (Å²) in [5.41, 5.74) is 0.0895. The third-order valence-corrected chi connectivity index (χ3v) is 7.27. The van der Waals surface area contributed by atoms with Gasteiger partial charge in [0.1, 0.15) is 16.4 Å². The second kappa shape index (κ2) is 8.84. The molecule has 1 heterocycles. The lowest BCUT2D eigenvalue weighted by Gasteiger charge is -2.26. The van der Waals surface area contributed by atoms with Crippen molar-refractivity contribution in [2.24, 2.45) is 0 Å². The van der Waals surface area contributed by atoms with Gasteiger partial charge in [0, 0.05) is 28.9 Å². The molecule has 0 unspecified atom stereocenters. The highest BCUT2D eigenvalue weighted by molar-refractivity contribution is 7.89. The van der Waals surface area contributed by atoms with Gasteiger partial charge in [0.15, 0.2) is 0 Å². The first kappa shape index (κ1) is 21.6. The van der Waals surface area contributed by atoms with Crippen LogP contribution < -0.4 is 9.47 Å². The molecule has 0 amide bonds. The Hall–Kier alpha value is -2.65. The first-order chi connectivity index (χ1) is 14.9. The van der Waals surface area contributed by atoms with Crippen molar-refractivity contribution < 1.29 is 27.4 Å². The molecule has 0 saturated carbocycles. The number of carbonyl (C=O) groups is 1. The van der Waals surface area contributed by atoms with Gasteiger partial charge >= 0.3 is 5.97 Å². The lowest BCUT2D eigenvalue weighted by Crippen LogP contribution is -2.40. The van der Waals surface area contributed by atoms with Gasteiger partial charge in [-0.1, -0.05) is 35.9 Å². The molecule has 9 heteroatoms. The van der Waals surface area contributed by atoms with Gasteiger partial charge in [-0.3, -0.25) is 0 Å². The second-order valence-corrected chi connectivity index (χ2v) is 9.18. The quantitative estimate of drug-likeness (QED) is 0.425. The van der Waals surface area contributed by atoms with Gasteiger partial charge in [0.2, 0.25) is 10.0 Å². The second-order valence-electron chi connectivity index (χ2n) is 6.86. The number of ether oxygens (including phenoxy) is 3. The first-order valence-electron chi connectivity index (χ1n) is 9.57. The van der Waals surface area contributed by atoms with E-state index in [1.165, 1.54) is 29.6 Å². The van der Waals surface area contributed by atoms with Gasteiger partial charge in [-0.05, 0) is 30.3 Å². The fourth-order valence-corrected chi connectivity index (χ4v) is 5.23. The summed E-state index contributed by atoms with van der Waals surface area (Å²) in [5, 5.41) is 1.97. The number of methoxy groups -OCH3 is 1. The van der Waals surface area contributed by atoms with Crippen LogP contribution >= 0.6 is 11.6 Å². The highest BCUT2D eigenvalue weighted by Crippen LogP contribution is 2.33. The summed E-state index contributed by atoms with van der Waals surface area (Å²) in [6, 6.07) is 14.7. The number of carbonyl (C=O) groups excluding carboxylic acids is 1. The van der Waals surface area contributed by atoms with Crippen molar-refractivity contribution in [1.82, 2.24) is 4.31 Å². The number of hydrogen-bond donors (Lipinski definition) is 0. The van der Waals surface area contributed by atoms with Crippen LogP contribution in [0.2, 0.25) is 5.02 Å². The van der Waals surface area contributed by atoms with Crippen LogP contribution in [-0.4, -0.2) is 52.1 Å². The maximum Gasteiger partial charge on any atom is 0.343 e. The summed E-state index contributed by atoms with van der Waals surface area (Å²) < 4.78 is 43.7. The van der Waals surface area contributed by atoms with Crippen molar-refractivity contribution in [1.29, 1.82) is 0 Å². The van der Waals surface area contributed by atoms with E-state index >= 15 is 0 Å². The Kier molecular flexibility index (Phi) is 6.15. The standard InChI is InChI=1S/C22H20ClNO6S/c1-28-20-8-6-15(14-21(20)31(26,27)24-10-12-29-13-11-24)22(25)30-19-9-7-18(23)16-4-2-3-5-17(16)19/h2-9,14H,10-13H2,1H3. The van der Waals surface area contributed by atoms with Crippen molar-refractivity contribution in [2.75, 3.05) is 33.4 Å². The first-order valence-corrected chi connectivity index (χ1v) is 11.4. The molecule has 0 spiro atoms. The topological polar surface area (TPSA) is 82.1 Å². The monoisotopic (exact) mass is 461 g/mol. The normalized spacial score (nSPS) is 15.0. The smallest absolute Gasteiger partial charge is 0.343 e. The van der Waals surface area contributed by atoms with E-state index in [1.54, 1.807) is 18.2 Å². The maximum absolute atomic E-state index is 13.1. The van der Waals surface area contributed by atoms with Gasteiger partial charge in [0.25, 0.3) is 0 Å². The minimum Gasteiger partial charge on any atom is -0.495 e. The Bertz CT molecular complexity index is 1240. The molecule has 1 aliphatic heterocycles. The van der Waals surface area contributed by atoms with Crippen molar-refractivity contribution >= 4 is 38.4 Å². The zero-order valence-electron chi connectivity index (χ0n) is 16.7. The highest BCUT2D eigenvalue weighted by atomic mass is 35.5. The Morgan fingerprint density at radius 1 is 1.00 bits per heavy atom. The predicted molar refractivity (Wildman–Crippen MR) is 116 cm³/mol.